The molecule has 0 radical (unpaired) electrons. The number of aromatic amines is 1. The molecule has 0 spiro atoms. The molecule has 0 saturated heterocycles. The summed E-state index contributed by atoms with van der Waals surface area (Å²) in [5, 5.41) is 0.568. The fourth-order valence-electron chi connectivity index (χ4n) is 2.07. The van der Waals surface area contributed by atoms with E-state index < -0.39 is 0 Å². The van der Waals surface area contributed by atoms with Crippen molar-refractivity contribution in [1.29, 1.82) is 0 Å². The van der Waals surface area contributed by atoms with E-state index in [9.17, 15) is 4.79 Å². The molecule has 96 valence electrons. The van der Waals surface area contributed by atoms with Crippen LogP contribution in [0.2, 0.25) is 0 Å². The lowest BCUT2D eigenvalue weighted by atomic mass is 10.1. The van der Waals surface area contributed by atoms with Crippen molar-refractivity contribution in [3.63, 3.8) is 0 Å². The van der Waals surface area contributed by atoms with Gasteiger partial charge in [-0.2, -0.15) is 0 Å². The second-order valence-electron chi connectivity index (χ2n) is 4.16. The fourth-order valence-corrected chi connectivity index (χ4v) is 2.07. The van der Waals surface area contributed by atoms with Crippen molar-refractivity contribution in [3.05, 3.63) is 34.1 Å². The summed E-state index contributed by atoms with van der Waals surface area (Å²) in [6.45, 7) is 2.08. The van der Waals surface area contributed by atoms with Gasteiger partial charge in [-0.15, -0.1) is 0 Å². The Balaban J connectivity index is 2.74. The minimum atomic E-state index is -0.0216. The number of aryl methyl sites for hydroxylation is 1. The Morgan fingerprint density at radius 1 is 1.17 bits per heavy atom. The van der Waals surface area contributed by atoms with Crippen molar-refractivity contribution < 1.29 is 9.47 Å². The molecule has 1 aromatic heterocycles. The molecular formula is C14H17NO3. The summed E-state index contributed by atoms with van der Waals surface area (Å²) in [5.74, 6) is 1.21. The molecule has 2 rings (SSSR count). The number of fused-ring (bicyclic) bond motifs is 1. The molecule has 0 amide bonds. The number of aromatic nitrogens is 1. The number of benzene rings is 1. The first-order valence-corrected chi connectivity index (χ1v) is 5.97. The standard InChI is InChI=1S/C14H17NO3/c1-4-5-9-6-12(16)14-11(15-9)7-10(17-2)8-13(14)18-3/h6-8H,4-5H2,1-3H3,(H,15,16). The minimum absolute atomic E-state index is 0.0216. The van der Waals surface area contributed by atoms with Crippen LogP contribution < -0.4 is 14.9 Å². The zero-order valence-electron chi connectivity index (χ0n) is 10.9. The number of ether oxygens (including phenoxy) is 2. The monoisotopic (exact) mass is 247 g/mol. The quantitative estimate of drug-likeness (QED) is 0.903. The van der Waals surface area contributed by atoms with Gasteiger partial charge in [-0.3, -0.25) is 4.79 Å². The van der Waals surface area contributed by atoms with E-state index in [1.54, 1.807) is 26.4 Å². The topological polar surface area (TPSA) is 51.3 Å². The number of rotatable bonds is 4. The maximum atomic E-state index is 12.1. The third kappa shape index (κ3) is 2.18. The third-order valence-electron chi connectivity index (χ3n) is 2.90. The second kappa shape index (κ2) is 5.12. The molecule has 0 aliphatic carbocycles. The lowest BCUT2D eigenvalue weighted by Gasteiger charge is -2.09. The van der Waals surface area contributed by atoms with Gasteiger partial charge >= 0.3 is 0 Å². The summed E-state index contributed by atoms with van der Waals surface area (Å²) in [6.07, 6.45) is 1.84. The molecule has 4 nitrogen and oxygen atoms in total. The van der Waals surface area contributed by atoms with Crippen LogP contribution in [0.1, 0.15) is 19.0 Å². The van der Waals surface area contributed by atoms with E-state index in [-0.39, 0.29) is 5.43 Å². The Kier molecular flexibility index (Phi) is 3.55. The molecule has 0 unspecified atom stereocenters. The molecule has 4 heteroatoms. The van der Waals surface area contributed by atoms with Crippen LogP contribution in [-0.4, -0.2) is 19.2 Å². The number of nitrogens with one attached hydrogen (secondary N) is 1. The molecular weight excluding hydrogens is 230 g/mol. The second-order valence-corrected chi connectivity index (χ2v) is 4.16. The minimum Gasteiger partial charge on any atom is -0.497 e. The van der Waals surface area contributed by atoms with E-state index in [4.69, 9.17) is 9.47 Å². The molecule has 1 heterocycles. The van der Waals surface area contributed by atoms with Crippen molar-refractivity contribution in [1.82, 2.24) is 4.98 Å². The van der Waals surface area contributed by atoms with Gasteiger partial charge < -0.3 is 14.5 Å². The van der Waals surface area contributed by atoms with Crippen LogP contribution in [0.5, 0.6) is 11.5 Å². The lowest BCUT2D eigenvalue weighted by molar-refractivity contribution is 0.397. The first-order chi connectivity index (χ1) is 8.69. The van der Waals surface area contributed by atoms with Crippen molar-refractivity contribution in [2.24, 2.45) is 0 Å². The molecule has 1 N–H and O–H groups in total. The summed E-state index contributed by atoms with van der Waals surface area (Å²) in [7, 11) is 3.14. The van der Waals surface area contributed by atoms with Gasteiger partial charge in [0, 0.05) is 23.9 Å². The molecule has 0 bridgehead atoms. The Labute approximate surface area is 106 Å². The van der Waals surface area contributed by atoms with Crippen molar-refractivity contribution >= 4 is 10.9 Å². The number of methoxy groups -OCH3 is 2. The van der Waals surface area contributed by atoms with Crippen LogP contribution in [0.4, 0.5) is 0 Å². The number of hydrogen-bond acceptors (Lipinski definition) is 3. The van der Waals surface area contributed by atoms with E-state index >= 15 is 0 Å². The highest BCUT2D eigenvalue weighted by Gasteiger charge is 2.10. The Morgan fingerprint density at radius 2 is 1.94 bits per heavy atom. The summed E-state index contributed by atoms with van der Waals surface area (Å²) < 4.78 is 10.5. The highest BCUT2D eigenvalue weighted by atomic mass is 16.5. The summed E-state index contributed by atoms with van der Waals surface area (Å²) in [5.41, 5.74) is 1.67. The average molecular weight is 247 g/mol. The first-order valence-electron chi connectivity index (χ1n) is 5.97. The number of pyridine rings is 1. The maximum Gasteiger partial charge on any atom is 0.193 e. The normalized spacial score (nSPS) is 10.6. The van der Waals surface area contributed by atoms with E-state index in [0.29, 0.717) is 16.9 Å². The highest BCUT2D eigenvalue weighted by Crippen LogP contribution is 2.27. The van der Waals surface area contributed by atoms with Gasteiger partial charge in [0.05, 0.1) is 25.1 Å². The average Bonchev–Trinajstić information content (AvgIpc) is 2.37. The molecule has 0 aliphatic rings. The van der Waals surface area contributed by atoms with Crippen molar-refractivity contribution in [2.45, 2.75) is 19.8 Å². The first kappa shape index (κ1) is 12.5. The SMILES string of the molecule is CCCc1cc(=O)c2c(OC)cc(OC)cc2[nH]1. The molecule has 18 heavy (non-hydrogen) atoms. The number of H-pyrrole nitrogens is 1. The molecule has 0 atom stereocenters. The van der Waals surface area contributed by atoms with Crippen LogP contribution in [0.25, 0.3) is 10.9 Å². The van der Waals surface area contributed by atoms with Crippen LogP contribution in [0, 0.1) is 0 Å². The van der Waals surface area contributed by atoms with Crippen LogP contribution in [-0.2, 0) is 6.42 Å². The Morgan fingerprint density at radius 3 is 2.56 bits per heavy atom. The van der Waals surface area contributed by atoms with Gasteiger partial charge in [0.15, 0.2) is 5.43 Å². The maximum absolute atomic E-state index is 12.1. The molecule has 0 fully saturated rings. The van der Waals surface area contributed by atoms with E-state index in [1.807, 2.05) is 6.07 Å². The van der Waals surface area contributed by atoms with Gasteiger partial charge in [0.1, 0.15) is 11.5 Å². The summed E-state index contributed by atoms with van der Waals surface area (Å²) in [6, 6.07) is 5.18. The van der Waals surface area contributed by atoms with Crippen LogP contribution >= 0.6 is 0 Å². The van der Waals surface area contributed by atoms with E-state index in [1.165, 1.54) is 0 Å². The summed E-state index contributed by atoms with van der Waals surface area (Å²) in [4.78, 5) is 15.4. The number of hydrogen-bond donors (Lipinski definition) is 1. The van der Waals surface area contributed by atoms with Crippen molar-refractivity contribution in [2.75, 3.05) is 14.2 Å². The van der Waals surface area contributed by atoms with Crippen LogP contribution in [0.15, 0.2) is 23.0 Å². The smallest absolute Gasteiger partial charge is 0.193 e. The van der Waals surface area contributed by atoms with Gasteiger partial charge in [-0.25, -0.2) is 0 Å². The van der Waals surface area contributed by atoms with Gasteiger partial charge in [-0.05, 0) is 6.42 Å². The largest absolute Gasteiger partial charge is 0.497 e. The van der Waals surface area contributed by atoms with Gasteiger partial charge in [0.25, 0.3) is 0 Å². The Hall–Kier alpha value is -1.97. The predicted octanol–water partition coefficient (Wildman–Crippen LogP) is 2.50. The van der Waals surface area contributed by atoms with E-state index in [2.05, 4.69) is 11.9 Å². The highest BCUT2D eigenvalue weighted by molar-refractivity contribution is 5.86. The van der Waals surface area contributed by atoms with Crippen molar-refractivity contribution in [3.8, 4) is 11.5 Å². The summed E-state index contributed by atoms with van der Waals surface area (Å²) >= 11 is 0. The third-order valence-corrected chi connectivity index (χ3v) is 2.90. The predicted molar refractivity (Wildman–Crippen MR) is 71.7 cm³/mol. The lowest BCUT2D eigenvalue weighted by Crippen LogP contribution is -2.07. The fraction of sp³-hybridized carbons (Fsp3) is 0.357. The van der Waals surface area contributed by atoms with E-state index in [0.717, 1.165) is 24.1 Å². The van der Waals surface area contributed by atoms with Gasteiger partial charge in [0.2, 0.25) is 0 Å². The zero-order valence-corrected chi connectivity index (χ0v) is 10.9. The molecule has 0 saturated carbocycles. The zero-order chi connectivity index (χ0) is 13.1. The molecule has 1 aromatic carbocycles. The van der Waals surface area contributed by atoms with Crippen LogP contribution in [0.3, 0.4) is 0 Å². The molecule has 0 aliphatic heterocycles. The Bertz CT molecular complexity index is 616. The van der Waals surface area contributed by atoms with Gasteiger partial charge in [-0.1, -0.05) is 13.3 Å². The molecule has 2 aromatic rings.